The number of hydrogen-bond acceptors (Lipinski definition) is 5. The van der Waals surface area contributed by atoms with Gasteiger partial charge in [-0.25, -0.2) is 0 Å². The van der Waals surface area contributed by atoms with Crippen LogP contribution in [0.25, 0.3) is 0 Å². The molecular weight excluding hydrogens is 228 g/mol. The second-order valence-corrected chi connectivity index (χ2v) is 3.96. The summed E-state index contributed by atoms with van der Waals surface area (Å²) in [6.07, 6.45) is 3.49. The number of methoxy groups -OCH3 is 1. The van der Waals surface area contributed by atoms with Crippen LogP contribution < -0.4 is 15.8 Å². The molecule has 1 aromatic carbocycles. The van der Waals surface area contributed by atoms with Crippen LogP contribution in [0.1, 0.15) is 11.4 Å². The zero-order valence-electron chi connectivity index (χ0n) is 10.5. The van der Waals surface area contributed by atoms with Gasteiger partial charge in [-0.3, -0.25) is 9.97 Å². The van der Waals surface area contributed by atoms with Crippen LogP contribution in [0.2, 0.25) is 0 Å². The van der Waals surface area contributed by atoms with Crippen LogP contribution in [0.5, 0.6) is 5.75 Å². The van der Waals surface area contributed by atoms with Gasteiger partial charge in [0, 0.05) is 12.3 Å². The predicted molar refractivity (Wildman–Crippen MR) is 71.5 cm³/mol. The maximum absolute atomic E-state index is 5.88. The predicted octanol–water partition coefficient (Wildman–Crippen LogP) is 1.99. The molecule has 0 spiro atoms. The standard InChI is InChI=1S/C13H16N4O/c1-9-6-16-10(7-15-9)8-17-13-5-11(18-2)3-4-12(13)14/h3-7,17H,8,14H2,1-2H3. The number of nitrogen functional groups attached to an aromatic ring is 1. The van der Waals surface area contributed by atoms with Gasteiger partial charge in [-0.2, -0.15) is 0 Å². The van der Waals surface area contributed by atoms with E-state index in [1.807, 2.05) is 25.1 Å². The van der Waals surface area contributed by atoms with Crippen molar-refractivity contribution in [2.45, 2.75) is 13.5 Å². The maximum Gasteiger partial charge on any atom is 0.121 e. The molecule has 2 rings (SSSR count). The molecule has 2 aromatic rings. The van der Waals surface area contributed by atoms with E-state index in [4.69, 9.17) is 10.5 Å². The highest BCUT2D eigenvalue weighted by Crippen LogP contribution is 2.24. The molecule has 0 atom stereocenters. The minimum absolute atomic E-state index is 0.574. The van der Waals surface area contributed by atoms with Crippen LogP contribution in [-0.2, 0) is 6.54 Å². The molecule has 94 valence electrons. The maximum atomic E-state index is 5.88. The van der Waals surface area contributed by atoms with Crippen molar-refractivity contribution in [3.05, 3.63) is 42.0 Å². The lowest BCUT2D eigenvalue weighted by Gasteiger charge is -2.10. The third-order valence-corrected chi connectivity index (χ3v) is 2.55. The van der Waals surface area contributed by atoms with Gasteiger partial charge in [0.15, 0.2) is 0 Å². The van der Waals surface area contributed by atoms with Crippen molar-refractivity contribution in [3.8, 4) is 5.75 Å². The Balaban J connectivity index is 2.07. The van der Waals surface area contributed by atoms with E-state index in [0.29, 0.717) is 12.2 Å². The van der Waals surface area contributed by atoms with Gasteiger partial charge in [0.2, 0.25) is 0 Å². The monoisotopic (exact) mass is 244 g/mol. The van der Waals surface area contributed by atoms with E-state index in [1.165, 1.54) is 0 Å². The minimum atomic E-state index is 0.574. The average molecular weight is 244 g/mol. The third kappa shape index (κ3) is 2.88. The third-order valence-electron chi connectivity index (χ3n) is 2.55. The van der Waals surface area contributed by atoms with E-state index in [2.05, 4.69) is 15.3 Å². The van der Waals surface area contributed by atoms with Gasteiger partial charge in [0.05, 0.1) is 42.6 Å². The van der Waals surface area contributed by atoms with Gasteiger partial charge in [0.25, 0.3) is 0 Å². The first-order valence-electron chi connectivity index (χ1n) is 5.64. The van der Waals surface area contributed by atoms with E-state index < -0.39 is 0 Å². The number of rotatable bonds is 4. The van der Waals surface area contributed by atoms with E-state index >= 15 is 0 Å². The first kappa shape index (κ1) is 12.2. The molecule has 0 amide bonds. The number of ether oxygens (including phenoxy) is 1. The molecule has 0 saturated carbocycles. The van der Waals surface area contributed by atoms with Crippen molar-refractivity contribution < 1.29 is 4.74 Å². The largest absolute Gasteiger partial charge is 0.497 e. The number of anilines is 2. The zero-order chi connectivity index (χ0) is 13.0. The molecule has 5 nitrogen and oxygen atoms in total. The molecule has 0 bridgehead atoms. The van der Waals surface area contributed by atoms with E-state index in [1.54, 1.807) is 19.5 Å². The fourth-order valence-electron chi connectivity index (χ4n) is 1.51. The van der Waals surface area contributed by atoms with Gasteiger partial charge < -0.3 is 15.8 Å². The topological polar surface area (TPSA) is 73.1 Å². The van der Waals surface area contributed by atoms with Crippen LogP contribution in [0.15, 0.2) is 30.6 Å². The van der Waals surface area contributed by atoms with E-state index in [0.717, 1.165) is 22.8 Å². The summed E-state index contributed by atoms with van der Waals surface area (Å²) in [5.41, 5.74) is 9.15. The van der Waals surface area contributed by atoms with Crippen LogP contribution in [0.3, 0.4) is 0 Å². The summed E-state index contributed by atoms with van der Waals surface area (Å²) in [5, 5.41) is 3.22. The molecule has 1 heterocycles. The summed E-state index contributed by atoms with van der Waals surface area (Å²) in [5.74, 6) is 0.765. The Morgan fingerprint density at radius 3 is 2.78 bits per heavy atom. The first-order valence-corrected chi connectivity index (χ1v) is 5.64. The lowest BCUT2D eigenvalue weighted by Crippen LogP contribution is -2.05. The molecular formula is C13H16N4O. The number of hydrogen-bond donors (Lipinski definition) is 2. The first-order chi connectivity index (χ1) is 8.69. The number of nitrogens with two attached hydrogens (primary N) is 1. The Labute approximate surface area is 106 Å². The van der Waals surface area contributed by atoms with Gasteiger partial charge in [0.1, 0.15) is 5.75 Å². The van der Waals surface area contributed by atoms with Gasteiger partial charge in [-0.15, -0.1) is 0 Å². The quantitative estimate of drug-likeness (QED) is 0.805. The van der Waals surface area contributed by atoms with E-state index in [9.17, 15) is 0 Å². The molecule has 18 heavy (non-hydrogen) atoms. The van der Waals surface area contributed by atoms with Crippen molar-refractivity contribution in [1.82, 2.24) is 9.97 Å². The smallest absolute Gasteiger partial charge is 0.121 e. The Hall–Kier alpha value is -2.30. The Kier molecular flexibility index (Phi) is 3.62. The molecule has 0 saturated heterocycles. The summed E-state index contributed by atoms with van der Waals surface area (Å²) in [7, 11) is 1.63. The molecule has 0 radical (unpaired) electrons. The van der Waals surface area contributed by atoms with Crippen molar-refractivity contribution in [3.63, 3.8) is 0 Å². The van der Waals surface area contributed by atoms with Gasteiger partial charge in [-0.1, -0.05) is 0 Å². The zero-order valence-corrected chi connectivity index (χ0v) is 10.5. The van der Waals surface area contributed by atoms with E-state index in [-0.39, 0.29) is 0 Å². The minimum Gasteiger partial charge on any atom is -0.497 e. The SMILES string of the molecule is COc1ccc(N)c(NCc2cnc(C)cn2)c1. The Morgan fingerprint density at radius 1 is 1.28 bits per heavy atom. The van der Waals surface area contributed by atoms with Crippen LogP contribution in [0, 0.1) is 6.92 Å². The van der Waals surface area contributed by atoms with Crippen molar-refractivity contribution in [2.24, 2.45) is 0 Å². The molecule has 0 aliphatic heterocycles. The second-order valence-electron chi connectivity index (χ2n) is 3.96. The molecule has 0 unspecified atom stereocenters. The van der Waals surface area contributed by atoms with Crippen LogP contribution in [0.4, 0.5) is 11.4 Å². The molecule has 0 fully saturated rings. The molecule has 3 N–H and O–H groups in total. The van der Waals surface area contributed by atoms with Crippen molar-refractivity contribution >= 4 is 11.4 Å². The molecule has 1 aromatic heterocycles. The average Bonchev–Trinajstić information content (AvgIpc) is 2.40. The van der Waals surface area contributed by atoms with Crippen LogP contribution in [-0.4, -0.2) is 17.1 Å². The number of nitrogens with zero attached hydrogens (tertiary/aromatic N) is 2. The highest BCUT2D eigenvalue weighted by molar-refractivity contribution is 5.68. The summed E-state index contributed by atoms with van der Waals surface area (Å²) < 4.78 is 5.15. The normalized spacial score (nSPS) is 10.1. The number of nitrogens with one attached hydrogen (secondary N) is 1. The summed E-state index contributed by atoms with van der Waals surface area (Å²) >= 11 is 0. The lowest BCUT2D eigenvalue weighted by molar-refractivity contribution is 0.415. The second kappa shape index (κ2) is 5.35. The van der Waals surface area contributed by atoms with Crippen LogP contribution >= 0.6 is 0 Å². The van der Waals surface area contributed by atoms with Crippen molar-refractivity contribution in [2.75, 3.05) is 18.2 Å². The molecule has 0 aliphatic rings. The lowest BCUT2D eigenvalue weighted by atomic mass is 10.2. The fraction of sp³-hybridized carbons (Fsp3) is 0.231. The number of benzene rings is 1. The van der Waals surface area contributed by atoms with Gasteiger partial charge in [-0.05, 0) is 19.1 Å². The van der Waals surface area contributed by atoms with Gasteiger partial charge >= 0.3 is 0 Å². The highest BCUT2D eigenvalue weighted by Gasteiger charge is 2.02. The highest BCUT2D eigenvalue weighted by atomic mass is 16.5. The number of aromatic nitrogens is 2. The molecule has 0 aliphatic carbocycles. The van der Waals surface area contributed by atoms with Crippen molar-refractivity contribution in [1.29, 1.82) is 0 Å². The Bertz CT molecular complexity index is 525. The summed E-state index contributed by atoms with van der Waals surface area (Å²) in [6.45, 7) is 2.48. The summed E-state index contributed by atoms with van der Waals surface area (Å²) in [6, 6.07) is 5.49. The fourth-order valence-corrected chi connectivity index (χ4v) is 1.51. The molecule has 5 heteroatoms. The number of aryl methyl sites for hydroxylation is 1. The summed E-state index contributed by atoms with van der Waals surface area (Å²) in [4.78, 5) is 8.46. The Morgan fingerprint density at radius 2 is 2.11 bits per heavy atom.